The van der Waals surface area contributed by atoms with Crippen LogP contribution in [0.25, 0.3) is 28.1 Å². The van der Waals surface area contributed by atoms with E-state index in [-0.39, 0.29) is 17.1 Å². The van der Waals surface area contributed by atoms with E-state index in [1.807, 2.05) is 19.1 Å². The number of hydrogen-bond acceptors (Lipinski definition) is 6. The normalized spacial score (nSPS) is 11.1. The molecule has 0 fully saturated rings. The molecule has 0 spiro atoms. The number of aromatic nitrogens is 2. The second-order valence-corrected chi connectivity index (χ2v) is 5.57. The van der Waals surface area contributed by atoms with E-state index in [1.54, 1.807) is 18.2 Å². The van der Waals surface area contributed by atoms with E-state index in [0.29, 0.717) is 29.0 Å². The highest BCUT2D eigenvalue weighted by Crippen LogP contribution is 2.31. The van der Waals surface area contributed by atoms with E-state index < -0.39 is 10.5 Å². The lowest BCUT2D eigenvalue weighted by Crippen LogP contribution is -2.14. The summed E-state index contributed by atoms with van der Waals surface area (Å²) >= 11 is 0. The average Bonchev–Trinajstić information content (AvgIpc) is 2.97. The molecule has 0 radical (unpaired) electrons. The molecule has 130 valence electrons. The number of benzene rings is 2. The van der Waals surface area contributed by atoms with Crippen LogP contribution >= 0.6 is 0 Å². The minimum absolute atomic E-state index is 0.123. The Hall–Kier alpha value is -3.68. The minimum Gasteiger partial charge on any atom is -0.490 e. The molecule has 2 aromatic rings. The van der Waals surface area contributed by atoms with Gasteiger partial charge >= 0.3 is 0 Å². The van der Waals surface area contributed by atoms with Gasteiger partial charge in [-0.25, -0.2) is 0 Å². The number of ether oxygens (including phenoxy) is 1. The van der Waals surface area contributed by atoms with Gasteiger partial charge in [-0.1, -0.05) is 18.2 Å². The number of para-hydroxylation sites is 1. The van der Waals surface area contributed by atoms with Crippen molar-refractivity contribution in [3.05, 3.63) is 69.0 Å². The van der Waals surface area contributed by atoms with Gasteiger partial charge in [-0.2, -0.15) is 4.68 Å². The average molecular weight is 351 g/mol. The monoisotopic (exact) mass is 351 g/mol. The summed E-state index contributed by atoms with van der Waals surface area (Å²) in [6.45, 7) is 2.34. The lowest BCUT2D eigenvalue weighted by atomic mass is 10.1. The number of rotatable bonds is 4. The van der Waals surface area contributed by atoms with Crippen LogP contribution < -0.4 is 10.3 Å². The zero-order chi connectivity index (χ0) is 18.3. The number of nitrogens with zero attached hydrogens (tertiary/aromatic N) is 3. The van der Waals surface area contributed by atoms with Crippen molar-refractivity contribution in [1.29, 1.82) is 0 Å². The maximum absolute atomic E-state index is 12.7. The first-order valence-electron chi connectivity index (χ1n) is 7.91. The molecule has 0 saturated heterocycles. The van der Waals surface area contributed by atoms with Gasteiger partial charge in [0, 0.05) is 17.5 Å². The molecule has 0 aliphatic carbocycles. The van der Waals surface area contributed by atoms with Gasteiger partial charge in [0.05, 0.1) is 17.2 Å². The van der Waals surface area contributed by atoms with Crippen molar-refractivity contribution in [2.75, 3.05) is 6.61 Å². The molecule has 0 amide bonds. The van der Waals surface area contributed by atoms with Crippen molar-refractivity contribution < 1.29 is 14.1 Å². The fraction of sp³-hybridized carbons (Fsp3) is 0.111. The Morgan fingerprint density at radius 2 is 2.04 bits per heavy atom. The van der Waals surface area contributed by atoms with Gasteiger partial charge in [0.15, 0.2) is 11.3 Å². The summed E-state index contributed by atoms with van der Waals surface area (Å²) in [5.41, 5.74) is 0.544. The molecule has 4 rings (SSSR count). The zero-order valence-electron chi connectivity index (χ0n) is 13.7. The molecule has 0 aromatic heterocycles. The minimum atomic E-state index is -0.524. The Labute approximate surface area is 146 Å². The van der Waals surface area contributed by atoms with Crippen LogP contribution in [0.5, 0.6) is 5.75 Å². The van der Waals surface area contributed by atoms with Crippen LogP contribution in [-0.4, -0.2) is 21.3 Å². The highest BCUT2D eigenvalue weighted by Gasteiger charge is 2.21. The van der Waals surface area contributed by atoms with Crippen LogP contribution in [0.4, 0.5) is 5.69 Å². The lowest BCUT2D eigenvalue weighted by molar-refractivity contribution is -0.384. The number of nitro groups is 1. The summed E-state index contributed by atoms with van der Waals surface area (Å²) in [6.07, 6.45) is 0. The Kier molecular flexibility index (Phi) is 3.65. The third kappa shape index (κ3) is 2.48. The molecule has 0 bridgehead atoms. The number of hydrogen-bond donors (Lipinski definition) is 0. The summed E-state index contributed by atoms with van der Waals surface area (Å²) < 4.78 is 12.4. The van der Waals surface area contributed by atoms with Crippen LogP contribution in [0.3, 0.4) is 0 Å². The van der Waals surface area contributed by atoms with Crippen molar-refractivity contribution in [3.63, 3.8) is 0 Å². The Bertz CT molecular complexity index is 1160. The van der Waals surface area contributed by atoms with Crippen LogP contribution in [0.1, 0.15) is 6.92 Å². The second-order valence-electron chi connectivity index (χ2n) is 5.57. The first-order chi connectivity index (χ1) is 12.6. The molecule has 26 heavy (non-hydrogen) atoms. The molecule has 0 unspecified atom stereocenters. The summed E-state index contributed by atoms with van der Waals surface area (Å²) in [5.74, 6) is 0.699. The van der Waals surface area contributed by atoms with Crippen molar-refractivity contribution in [1.82, 2.24) is 9.78 Å². The summed E-state index contributed by atoms with van der Waals surface area (Å²) in [7, 11) is 0. The quantitative estimate of drug-likeness (QED) is 0.413. The lowest BCUT2D eigenvalue weighted by Gasteiger charge is -2.06. The fourth-order valence-electron chi connectivity index (χ4n) is 2.78. The maximum Gasteiger partial charge on any atom is 0.284 e. The second kappa shape index (κ2) is 5.99. The van der Waals surface area contributed by atoms with E-state index in [2.05, 4.69) is 5.10 Å². The van der Waals surface area contributed by atoms with E-state index >= 15 is 0 Å². The smallest absolute Gasteiger partial charge is 0.284 e. The van der Waals surface area contributed by atoms with Crippen LogP contribution in [0, 0.1) is 10.1 Å². The van der Waals surface area contributed by atoms with Crippen LogP contribution in [0.15, 0.2) is 57.7 Å². The summed E-state index contributed by atoms with van der Waals surface area (Å²) in [5, 5.41) is 15.9. The number of fused-ring (bicyclic) bond motifs is 2. The Morgan fingerprint density at radius 3 is 2.81 bits per heavy atom. The number of nitro benzene ring substituents is 1. The molecule has 8 heteroatoms. The van der Waals surface area contributed by atoms with Gasteiger partial charge in [-0.05, 0) is 25.1 Å². The van der Waals surface area contributed by atoms with E-state index in [1.165, 1.54) is 18.2 Å². The van der Waals surface area contributed by atoms with Crippen molar-refractivity contribution in [2.45, 2.75) is 6.92 Å². The summed E-state index contributed by atoms with van der Waals surface area (Å²) in [6, 6.07) is 12.8. The molecule has 0 N–H and O–H groups in total. The highest BCUT2D eigenvalue weighted by atomic mass is 16.6. The predicted molar refractivity (Wildman–Crippen MR) is 94.1 cm³/mol. The third-order valence-electron chi connectivity index (χ3n) is 3.94. The molecule has 0 atom stereocenters. The highest BCUT2D eigenvalue weighted by molar-refractivity contribution is 5.86. The SMILES string of the molecule is CCOc1cccc2cc3c(=O)n(-c4cccc([N+](=O)[O-])c4)nc-3oc12. The van der Waals surface area contributed by atoms with Gasteiger partial charge in [0.1, 0.15) is 5.56 Å². The zero-order valence-corrected chi connectivity index (χ0v) is 13.7. The maximum atomic E-state index is 12.7. The molecule has 0 saturated carbocycles. The molecular weight excluding hydrogens is 338 g/mol. The Balaban J connectivity index is 1.95. The standard InChI is InChI=1S/C18H13N3O5/c1-2-25-15-8-3-5-11-9-14-17(26-16(11)15)19-20(18(14)22)12-6-4-7-13(10-12)21(23)24/h3-10H,2H2,1H3. The fourth-order valence-corrected chi connectivity index (χ4v) is 2.78. The van der Waals surface area contributed by atoms with E-state index in [4.69, 9.17) is 9.15 Å². The topological polar surface area (TPSA) is 100 Å². The first kappa shape index (κ1) is 15.8. The van der Waals surface area contributed by atoms with Gasteiger partial charge in [0.25, 0.3) is 11.2 Å². The van der Waals surface area contributed by atoms with Gasteiger partial charge in [-0.3, -0.25) is 14.9 Å². The number of non-ortho nitro benzene ring substituents is 1. The molecule has 8 nitrogen and oxygen atoms in total. The van der Waals surface area contributed by atoms with Gasteiger partial charge in [-0.15, -0.1) is 5.10 Å². The van der Waals surface area contributed by atoms with Crippen molar-refractivity contribution >= 4 is 16.7 Å². The third-order valence-corrected chi connectivity index (χ3v) is 3.94. The predicted octanol–water partition coefficient (Wildman–Crippen LogP) is 3.39. The van der Waals surface area contributed by atoms with Crippen LogP contribution in [0.2, 0.25) is 0 Å². The largest absolute Gasteiger partial charge is 0.490 e. The molecule has 2 aliphatic rings. The van der Waals surface area contributed by atoms with Gasteiger partial charge in [0.2, 0.25) is 5.89 Å². The molecular formula is C18H13N3O5. The van der Waals surface area contributed by atoms with Crippen molar-refractivity contribution in [3.8, 4) is 22.9 Å². The van der Waals surface area contributed by atoms with E-state index in [9.17, 15) is 14.9 Å². The van der Waals surface area contributed by atoms with Crippen LogP contribution in [-0.2, 0) is 0 Å². The van der Waals surface area contributed by atoms with Gasteiger partial charge < -0.3 is 9.15 Å². The van der Waals surface area contributed by atoms with Crippen molar-refractivity contribution in [2.24, 2.45) is 0 Å². The molecule has 2 heterocycles. The van der Waals surface area contributed by atoms with E-state index in [0.717, 1.165) is 4.68 Å². The molecule has 2 aromatic carbocycles. The molecule has 2 aliphatic heterocycles. The Morgan fingerprint density at radius 1 is 1.23 bits per heavy atom. The first-order valence-corrected chi connectivity index (χ1v) is 7.91. The summed E-state index contributed by atoms with van der Waals surface area (Å²) in [4.78, 5) is 23.1.